The van der Waals surface area contributed by atoms with Crippen LogP contribution in [0.1, 0.15) is 34.6 Å². The first-order valence-electron chi connectivity index (χ1n) is 9.74. The number of rotatable bonds is 3. The first-order valence-corrected chi connectivity index (χ1v) is 9.74. The van der Waals surface area contributed by atoms with Crippen LogP contribution in [0, 0.1) is 31.5 Å². The van der Waals surface area contributed by atoms with Crippen LogP contribution < -0.4 is 4.74 Å². The van der Waals surface area contributed by atoms with Crippen LogP contribution in [-0.4, -0.2) is 46.2 Å². The maximum atomic E-state index is 13.5. The van der Waals surface area contributed by atoms with Gasteiger partial charge in [-0.15, -0.1) is 0 Å². The van der Waals surface area contributed by atoms with Gasteiger partial charge in [-0.05, 0) is 68.9 Å². The molecule has 1 aliphatic heterocycles. The lowest BCUT2D eigenvalue weighted by Crippen LogP contribution is -2.42. The zero-order chi connectivity index (χ0) is 19.8. The van der Waals surface area contributed by atoms with E-state index in [-0.39, 0.29) is 23.8 Å². The summed E-state index contributed by atoms with van der Waals surface area (Å²) in [4.78, 5) is 18.9. The fraction of sp³-hybridized carbons (Fsp3) is 0.455. The van der Waals surface area contributed by atoms with Crippen molar-refractivity contribution in [1.29, 1.82) is 0 Å². The number of aliphatic hydroxyl groups is 1. The quantitative estimate of drug-likeness (QED) is 0.883. The van der Waals surface area contributed by atoms with Crippen molar-refractivity contribution < 1.29 is 19.0 Å². The molecule has 1 saturated heterocycles. The molecule has 148 valence electrons. The molecule has 28 heavy (non-hydrogen) atoms. The third-order valence-electron chi connectivity index (χ3n) is 5.90. The Labute approximate surface area is 164 Å². The molecular formula is C22H25FN2O3. The average molecular weight is 384 g/mol. The molecule has 2 fully saturated rings. The normalized spacial score (nSPS) is 26.8. The number of fused-ring (bicyclic) bond motifs is 1. The van der Waals surface area contributed by atoms with E-state index < -0.39 is 11.9 Å². The molecule has 1 aliphatic carbocycles. The topological polar surface area (TPSA) is 62.7 Å². The number of benzene rings is 1. The minimum atomic E-state index is -0.578. The second-order valence-corrected chi connectivity index (χ2v) is 7.97. The van der Waals surface area contributed by atoms with Crippen LogP contribution in [0.3, 0.4) is 0 Å². The van der Waals surface area contributed by atoms with Crippen molar-refractivity contribution in [3.05, 3.63) is 59.2 Å². The summed E-state index contributed by atoms with van der Waals surface area (Å²) in [6.07, 6.45) is 0.395. The summed E-state index contributed by atoms with van der Waals surface area (Å²) < 4.78 is 19.5. The molecule has 4 atom stereocenters. The molecule has 0 unspecified atom stereocenters. The van der Waals surface area contributed by atoms with E-state index in [4.69, 9.17) is 4.74 Å². The Morgan fingerprint density at radius 1 is 1.18 bits per heavy atom. The van der Waals surface area contributed by atoms with Crippen LogP contribution in [0.2, 0.25) is 0 Å². The van der Waals surface area contributed by atoms with Crippen molar-refractivity contribution in [2.24, 2.45) is 11.8 Å². The van der Waals surface area contributed by atoms with E-state index in [1.807, 2.05) is 26.0 Å². The first-order chi connectivity index (χ1) is 13.4. The van der Waals surface area contributed by atoms with E-state index in [1.54, 1.807) is 17.0 Å². The van der Waals surface area contributed by atoms with Gasteiger partial charge in [0, 0.05) is 24.3 Å². The van der Waals surface area contributed by atoms with E-state index in [1.165, 1.54) is 12.1 Å². The van der Waals surface area contributed by atoms with Gasteiger partial charge < -0.3 is 14.7 Å². The van der Waals surface area contributed by atoms with Crippen LogP contribution in [0.25, 0.3) is 0 Å². The van der Waals surface area contributed by atoms with Crippen molar-refractivity contribution in [1.82, 2.24) is 9.88 Å². The van der Waals surface area contributed by atoms with Gasteiger partial charge in [0.2, 0.25) is 0 Å². The van der Waals surface area contributed by atoms with Crippen molar-refractivity contribution in [3.63, 3.8) is 0 Å². The molecular weight excluding hydrogens is 359 g/mol. The van der Waals surface area contributed by atoms with Crippen LogP contribution in [0.5, 0.6) is 5.75 Å². The predicted octanol–water partition coefficient (Wildman–Crippen LogP) is 3.13. The SMILES string of the molecule is Cc1ccc(O[C@@H]2C[C@@H]3CN(C(=O)c4cccc(F)c4)C[C@@H]3C[C@H]2O)c(C)n1. The van der Waals surface area contributed by atoms with Crippen molar-refractivity contribution in [2.75, 3.05) is 13.1 Å². The molecule has 6 heteroatoms. The van der Waals surface area contributed by atoms with Gasteiger partial charge in [-0.3, -0.25) is 9.78 Å². The molecule has 0 bridgehead atoms. The van der Waals surface area contributed by atoms with Crippen molar-refractivity contribution in [3.8, 4) is 5.75 Å². The Balaban J connectivity index is 1.44. The number of aromatic nitrogens is 1. The highest BCUT2D eigenvalue weighted by Crippen LogP contribution is 2.38. The number of carbonyl (C=O) groups excluding carboxylic acids is 1. The Hall–Kier alpha value is -2.47. The minimum absolute atomic E-state index is 0.153. The van der Waals surface area contributed by atoms with Gasteiger partial charge in [0.25, 0.3) is 5.91 Å². The molecule has 2 aliphatic rings. The Morgan fingerprint density at radius 3 is 2.64 bits per heavy atom. The lowest BCUT2D eigenvalue weighted by molar-refractivity contribution is -0.0236. The maximum absolute atomic E-state index is 13.5. The number of amides is 1. The molecule has 0 spiro atoms. The van der Waals surface area contributed by atoms with Gasteiger partial charge in [-0.25, -0.2) is 4.39 Å². The summed E-state index contributed by atoms with van der Waals surface area (Å²) >= 11 is 0. The smallest absolute Gasteiger partial charge is 0.253 e. The molecule has 1 aromatic heterocycles. The lowest BCUT2D eigenvalue weighted by Gasteiger charge is -2.35. The van der Waals surface area contributed by atoms with E-state index in [9.17, 15) is 14.3 Å². The fourth-order valence-corrected chi connectivity index (χ4v) is 4.45. The Kier molecular flexibility index (Phi) is 5.06. The van der Waals surface area contributed by atoms with E-state index >= 15 is 0 Å². The highest BCUT2D eigenvalue weighted by molar-refractivity contribution is 5.94. The van der Waals surface area contributed by atoms with Crippen molar-refractivity contribution in [2.45, 2.75) is 38.9 Å². The summed E-state index contributed by atoms with van der Waals surface area (Å²) in [6, 6.07) is 9.60. The van der Waals surface area contributed by atoms with E-state index in [0.29, 0.717) is 37.2 Å². The fourth-order valence-electron chi connectivity index (χ4n) is 4.45. The zero-order valence-corrected chi connectivity index (χ0v) is 16.1. The predicted molar refractivity (Wildman–Crippen MR) is 103 cm³/mol. The number of nitrogens with zero attached hydrogens (tertiary/aromatic N) is 2. The number of aliphatic hydroxyl groups excluding tert-OH is 1. The highest BCUT2D eigenvalue weighted by Gasteiger charge is 2.44. The number of carbonyl (C=O) groups is 1. The first kappa shape index (κ1) is 18.9. The number of ether oxygens (including phenoxy) is 1. The summed E-state index contributed by atoms with van der Waals surface area (Å²) in [6.45, 7) is 5.03. The number of halogens is 1. The van der Waals surface area contributed by atoms with Gasteiger partial charge in [0.05, 0.1) is 11.8 Å². The Morgan fingerprint density at radius 2 is 1.93 bits per heavy atom. The average Bonchev–Trinajstić information content (AvgIpc) is 3.06. The van der Waals surface area contributed by atoms with Crippen LogP contribution in [0.15, 0.2) is 36.4 Å². The monoisotopic (exact) mass is 384 g/mol. The van der Waals surface area contributed by atoms with Gasteiger partial charge in [-0.2, -0.15) is 0 Å². The number of hydrogen-bond acceptors (Lipinski definition) is 4. The largest absolute Gasteiger partial charge is 0.486 e. The molecule has 0 radical (unpaired) electrons. The van der Waals surface area contributed by atoms with Gasteiger partial charge in [0.1, 0.15) is 17.7 Å². The number of pyridine rings is 1. The zero-order valence-electron chi connectivity index (χ0n) is 16.1. The van der Waals surface area contributed by atoms with Crippen LogP contribution in [0.4, 0.5) is 4.39 Å². The number of hydrogen-bond donors (Lipinski definition) is 1. The number of likely N-dealkylation sites (tertiary alicyclic amines) is 1. The molecule has 4 rings (SSSR count). The highest BCUT2D eigenvalue weighted by atomic mass is 19.1. The lowest BCUT2D eigenvalue weighted by atomic mass is 9.78. The molecule has 1 aromatic carbocycles. The third kappa shape index (κ3) is 3.74. The summed E-state index contributed by atoms with van der Waals surface area (Å²) in [5.74, 6) is 0.640. The van der Waals surface area contributed by atoms with Crippen LogP contribution >= 0.6 is 0 Å². The number of aryl methyl sites for hydroxylation is 2. The standard InChI is InChI=1S/C22H25FN2O3/c1-13-6-7-20(14(2)24-13)28-21-10-17-12-25(11-16(17)9-19(21)26)22(27)15-4-3-5-18(23)8-15/h3-8,16-17,19,21,26H,9-12H2,1-2H3/t16-,17+,19+,21+/m0/s1. The van der Waals surface area contributed by atoms with E-state index in [0.717, 1.165) is 11.4 Å². The third-order valence-corrected chi connectivity index (χ3v) is 5.90. The second-order valence-electron chi connectivity index (χ2n) is 7.97. The summed E-state index contributed by atoms with van der Waals surface area (Å²) in [7, 11) is 0. The van der Waals surface area contributed by atoms with Gasteiger partial charge >= 0.3 is 0 Å². The summed E-state index contributed by atoms with van der Waals surface area (Å²) in [5.41, 5.74) is 2.11. The van der Waals surface area contributed by atoms with Crippen molar-refractivity contribution >= 4 is 5.91 Å². The molecule has 2 aromatic rings. The van der Waals surface area contributed by atoms with E-state index in [2.05, 4.69) is 4.98 Å². The minimum Gasteiger partial charge on any atom is -0.486 e. The molecule has 1 amide bonds. The molecule has 1 saturated carbocycles. The Bertz CT molecular complexity index is 888. The maximum Gasteiger partial charge on any atom is 0.253 e. The molecule has 5 nitrogen and oxygen atoms in total. The molecule has 2 heterocycles. The second kappa shape index (κ2) is 7.51. The summed E-state index contributed by atoms with van der Waals surface area (Å²) in [5, 5.41) is 10.6. The molecule has 1 N–H and O–H groups in total. The van der Waals surface area contributed by atoms with Crippen LogP contribution in [-0.2, 0) is 0 Å². The van der Waals surface area contributed by atoms with Gasteiger partial charge in [-0.1, -0.05) is 6.07 Å². The van der Waals surface area contributed by atoms with Gasteiger partial charge in [0.15, 0.2) is 0 Å².